The van der Waals surface area contributed by atoms with Crippen LogP contribution in [0.5, 0.6) is 5.75 Å². The summed E-state index contributed by atoms with van der Waals surface area (Å²) >= 11 is 0. The van der Waals surface area contributed by atoms with E-state index in [1.54, 1.807) is 51.2 Å². The van der Waals surface area contributed by atoms with Gasteiger partial charge in [-0.1, -0.05) is 0 Å². The fourth-order valence-corrected chi connectivity index (χ4v) is 6.21. The maximum Gasteiger partial charge on any atom is 0.338 e. The number of nitrogens with zero attached hydrogens (tertiary/aromatic N) is 8. The minimum absolute atomic E-state index is 0.105. The van der Waals surface area contributed by atoms with Gasteiger partial charge in [-0.15, -0.1) is 0 Å². The van der Waals surface area contributed by atoms with E-state index >= 15 is 0 Å². The molecule has 0 aliphatic rings. The molecule has 0 saturated heterocycles. The fourth-order valence-electron chi connectivity index (χ4n) is 6.21. The number of aromatic nitrogens is 8. The lowest BCUT2D eigenvalue weighted by Crippen LogP contribution is -2.20. The van der Waals surface area contributed by atoms with Gasteiger partial charge in [-0.25, -0.2) is 14.8 Å². The molecule has 0 aliphatic heterocycles. The molecule has 0 atom stereocenters. The lowest BCUT2D eigenvalue weighted by molar-refractivity contribution is 0.0600. The van der Waals surface area contributed by atoms with Gasteiger partial charge >= 0.3 is 5.97 Å². The Morgan fingerprint density at radius 3 is 1.87 bits per heavy atom. The third-order valence-corrected chi connectivity index (χ3v) is 8.61. The zero-order chi connectivity index (χ0) is 37.3. The average molecular weight is 710 g/mol. The molecule has 0 unspecified atom stereocenters. The van der Waals surface area contributed by atoms with Gasteiger partial charge in [0, 0.05) is 31.7 Å². The highest BCUT2D eigenvalue weighted by molar-refractivity contribution is 6.05. The number of carbonyl (C=O) groups is 4. The third kappa shape index (κ3) is 6.79. The molecule has 6 rings (SSSR count). The number of carbonyl (C=O) groups excluding carboxylic acids is 4. The van der Waals surface area contributed by atoms with E-state index in [-0.39, 0.29) is 40.2 Å². The molecule has 17 nitrogen and oxygen atoms in total. The first-order chi connectivity index (χ1) is 24.9. The summed E-state index contributed by atoms with van der Waals surface area (Å²) in [5, 5.41) is 25.6. The molecule has 0 spiro atoms. The van der Waals surface area contributed by atoms with Crippen LogP contribution in [-0.4, -0.2) is 74.6 Å². The van der Waals surface area contributed by atoms with Crippen molar-refractivity contribution in [3.63, 3.8) is 0 Å². The molecule has 4 heterocycles. The molecule has 0 saturated carbocycles. The number of aromatic hydroxyl groups is 1. The maximum atomic E-state index is 13.4. The van der Waals surface area contributed by atoms with Gasteiger partial charge in [-0.2, -0.15) is 10.2 Å². The van der Waals surface area contributed by atoms with Crippen LogP contribution in [0.25, 0.3) is 22.1 Å². The molecule has 6 aromatic rings. The van der Waals surface area contributed by atoms with Crippen LogP contribution >= 0.6 is 0 Å². The first kappa shape index (κ1) is 35.3. The minimum atomic E-state index is -0.646. The van der Waals surface area contributed by atoms with E-state index in [2.05, 4.69) is 30.8 Å². The Morgan fingerprint density at radius 1 is 0.769 bits per heavy atom. The summed E-state index contributed by atoms with van der Waals surface area (Å²) in [6.07, 6.45) is 1.07. The number of imidazole rings is 2. The highest BCUT2D eigenvalue weighted by Crippen LogP contribution is 2.31. The third-order valence-electron chi connectivity index (χ3n) is 8.61. The molecule has 2 aromatic carbocycles. The summed E-state index contributed by atoms with van der Waals surface area (Å²) in [6, 6.07) is 11.1. The monoisotopic (exact) mass is 709 g/mol. The number of hydrogen-bond donors (Lipinski definition) is 4. The normalized spacial score (nSPS) is 11.3. The van der Waals surface area contributed by atoms with E-state index in [0.29, 0.717) is 78.3 Å². The molecule has 17 heteroatoms. The number of hydrogen-bond acceptors (Lipinski definition) is 10. The number of methoxy groups -OCH3 is 1. The first-order valence-corrected chi connectivity index (χ1v) is 16.8. The number of primary amides is 1. The highest BCUT2D eigenvalue weighted by Gasteiger charge is 2.23. The summed E-state index contributed by atoms with van der Waals surface area (Å²) in [4.78, 5) is 60.3. The zero-order valence-corrected chi connectivity index (χ0v) is 29.4. The van der Waals surface area contributed by atoms with E-state index in [1.807, 2.05) is 25.3 Å². The number of nitrogens with two attached hydrogens (primary N) is 1. The van der Waals surface area contributed by atoms with Crippen molar-refractivity contribution in [1.29, 1.82) is 0 Å². The number of anilines is 2. The molecule has 5 N–H and O–H groups in total. The van der Waals surface area contributed by atoms with Gasteiger partial charge < -0.3 is 24.7 Å². The van der Waals surface area contributed by atoms with E-state index in [1.165, 1.54) is 19.2 Å². The summed E-state index contributed by atoms with van der Waals surface area (Å²) in [6.45, 7) is 9.06. The molecule has 0 aliphatic carbocycles. The standard InChI is InChI=1S/C35H39N11O6/c1-6-45-26(14-19(3)41-45)31(49)39-34-37-23-16-21(30(36)48)10-11-25(23)43(34)12-8-9-13-44-29-24(17-22(18-28(29)47)33(51)52-5)38-35(44)40-32(50)27-15-20(4)42-46(27)7-2/h10-11,14-18,47H,6-9,12-13H2,1-5H3,(H2,36,48)(H,37,39,49)(H,38,40,50). The van der Waals surface area contributed by atoms with E-state index in [0.717, 1.165) is 0 Å². The smallest absolute Gasteiger partial charge is 0.338 e. The number of phenols is 1. The predicted octanol–water partition coefficient (Wildman–Crippen LogP) is 4.01. The van der Waals surface area contributed by atoms with Crippen molar-refractivity contribution in [3.8, 4) is 5.75 Å². The van der Waals surface area contributed by atoms with Gasteiger partial charge in [0.25, 0.3) is 11.8 Å². The van der Waals surface area contributed by atoms with Gasteiger partial charge in [0.15, 0.2) is 0 Å². The molecule has 3 amide bonds. The largest absolute Gasteiger partial charge is 0.506 e. The number of aryl methyl sites for hydroxylation is 6. The topological polar surface area (TPSA) is 219 Å². The van der Waals surface area contributed by atoms with Gasteiger partial charge in [-0.3, -0.25) is 34.4 Å². The molecule has 270 valence electrons. The number of rotatable bonds is 13. The van der Waals surface area contributed by atoms with Crippen LogP contribution in [0.1, 0.15) is 79.8 Å². The van der Waals surface area contributed by atoms with Crippen LogP contribution in [-0.2, 0) is 30.9 Å². The molecule has 0 bridgehead atoms. The Bertz CT molecular complexity index is 2360. The molecule has 0 radical (unpaired) electrons. The SMILES string of the molecule is CCn1nc(C)cc1C(=O)Nc1nc2cc(C(N)=O)ccc2n1CCCCn1c(NC(=O)c2cc(C)nn2CC)nc2cc(C(=O)OC)cc(O)c21. The van der Waals surface area contributed by atoms with Crippen LogP contribution in [0.3, 0.4) is 0 Å². The van der Waals surface area contributed by atoms with Crippen molar-refractivity contribution in [2.24, 2.45) is 5.73 Å². The van der Waals surface area contributed by atoms with Gasteiger partial charge in [0.2, 0.25) is 17.8 Å². The number of phenolic OH excluding ortho intramolecular Hbond substituents is 1. The second-order valence-corrected chi connectivity index (χ2v) is 12.2. The van der Waals surface area contributed by atoms with Crippen molar-refractivity contribution in [1.82, 2.24) is 38.7 Å². The number of unbranched alkanes of at least 4 members (excludes halogenated alkanes) is 1. The maximum absolute atomic E-state index is 13.4. The number of esters is 1. The Hall–Kier alpha value is -6.52. The lowest BCUT2D eigenvalue weighted by atomic mass is 10.2. The Labute approximate surface area is 297 Å². The van der Waals surface area contributed by atoms with Crippen molar-refractivity contribution < 1.29 is 29.0 Å². The molecular weight excluding hydrogens is 670 g/mol. The Kier molecular flexibility index (Phi) is 9.76. The number of ether oxygens (including phenoxy) is 1. The van der Waals surface area contributed by atoms with Crippen LogP contribution in [0.4, 0.5) is 11.9 Å². The lowest BCUT2D eigenvalue weighted by Gasteiger charge is -2.13. The summed E-state index contributed by atoms with van der Waals surface area (Å²) in [7, 11) is 1.24. The highest BCUT2D eigenvalue weighted by atomic mass is 16.5. The fraction of sp³-hybridized carbons (Fsp3) is 0.314. The van der Waals surface area contributed by atoms with E-state index < -0.39 is 17.8 Å². The van der Waals surface area contributed by atoms with Gasteiger partial charge in [-0.05, 0) is 83.0 Å². The summed E-state index contributed by atoms with van der Waals surface area (Å²) in [5.74, 6) is -1.84. The first-order valence-electron chi connectivity index (χ1n) is 16.8. The number of fused-ring (bicyclic) bond motifs is 2. The van der Waals surface area contributed by atoms with Crippen molar-refractivity contribution in [2.75, 3.05) is 17.7 Å². The second-order valence-electron chi connectivity index (χ2n) is 12.2. The Balaban J connectivity index is 1.29. The van der Waals surface area contributed by atoms with Crippen molar-refractivity contribution in [3.05, 3.63) is 76.4 Å². The predicted molar refractivity (Wildman–Crippen MR) is 191 cm³/mol. The van der Waals surface area contributed by atoms with E-state index in [4.69, 9.17) is 10.5 Å². The average Bonchev–Trinajstić information content (AvgIpc) is 3.88. The molecule has 4 aromatic heterocycles. The van der Waals surface area contributed by atoms with Crippen LogP contribution < -0.4 is 16.4 Å². The van der Waals surface area contributed by atoms with Crippen LogP contribution in [0, 0.1) is 13.8 Å². The van der Waals surface area contributed by atoms with Crippen molar-refractivity contribution in [2.45, 2.75) is 66.7 Å². The number of benzene rings is 2. The molecule has 0 fully saturated rings. The zero-order valence-electron chi connectivity index (χ0n) is 29.4. The Morgan fingerprint density at radius 2 is 1.31 bits per heavy atom. The summed E-state index contributed by atoms with van der Waals surface area (Å²) < 4.78 is 11.6. The van der Waals surface area contributed by atoms with Crippen LogP contribution in [0.15, 0.2) is 42.5 Å². The van der Waals surface area contributed by atoms with Gasteiger partial charge in [0.05, 0.1) is 40.6 Å². The second kappa shape index (κ2) is 14.4. The summed E-state index contributed by atoms with van der Waals surface area (Å²) in [5.41, 5.74) is 9.78. The minimum Gasteiger partial charge on any atom is -0.506 e. The molecule has 52 heavy (non-hydrogen) atoms. The molecular formula is C35H39N11O6. The quantitative estimate of drug-likeness (QED) is 0.0997. The van der Waals surface area contributed by atoms with Crippen molar-refractivity contribution >= 4 is 57.7 Å². The van der Waals surface area contributed by atoms with Gasteiger partial charge in [0.1, 0.15) is 22.7 Å². The number of amides is 3. The van der Waals surface area contributed by atoms with Crippen LogP contribution in [0.2, 0.25) is 0 Å². The number of nitrogens with one attached hydrogen (secondary N) is 2. The van der Waals surface area contributed by atoms with E-state index in [9.17, 15) is 24.3 Å².